The van der Waals surface area contributed by atoms with Crippen LogP contribution in [0.15, 0.2) is 60.2 Å². The van der Waals surface area contributed by atoms with E-state index in [0.717, 1.165) is 36.8 Å². The molecule has 0 atom stereocenters. The van der Waals surface area contributed by atoms with Gasteiger partial charge in [-0.3, -0.25) is 0 Å². The van der Waals surface area contributed by atoms with Crippen molar-refractivity contribution in [3.63, 3.8) is 0 Å². The van der Waals surface area contributed by atoms with Gasteiger partial charge in [0.15, 0.2) is 0 Å². The Hall–Kier alpha value is -2.09. The molecule has 0 N–H and O–H groups in total. The fourth-order valence-electron chi connectivity index (χ4n) is 2.15. The molecule has 0 amide bonds. The fourth-order valence-corrected chi connectivity index (χ4v) is 2.15. The molecular formula is C20H26O2. The third-order valence-corrected chi connectivity index (χ3v) is 3.27. The van der Waals surface area contributed by atoms with Crippen molar-refractivity contribution in [2.45, 2.75) is 39.5 Å². The minimum atomic E-state index is -0.243. The second-order valence-corrected chi connectivity index (χ2v) is 5.21. The maximum atomic E-state index is 11.8. The molecule has 0 unspecified atom stereocenters. The average molecular weight is 298 g/mol. The van der Waals surface area contributed by atoms with Gasteiger partial charge in [-0.1, -0.05) is 42.5 Å². The van der Waals surface area contributed by atoms with Crippen molar-refractivity contribution in [1.29, 1.82) is 0 Å². The molecule has 2 nitrogen and oxygen atoms in total. The van der Waals surface area contributed by atoms with Crippen molar-refractivity contribution in [3.8, 4) is 0 Å². The smallest absolute Gasteiger partial charge is 0.333 e. The van der Waals surface area contributed by atoms with Crippen LogP contribution in [0.2, 0.25) is 0 Å². The Morgan fingerprint density at radius 3 is 2.59 bits per heavy atom. The van der Waals surface area contributed by atoms with Crippen LogP contribution >= 0.6 is 0 Å². The van der Waals surface area contributed by atoms with E-state index in [9.17, 15) is 4.79 Å². The minimum absolute atomic E-state index is 0.243. The number of unbranched alkanes of at least 4 members (excludes halogenated alkanes) is 2. The molecule has 1 rings (SSSR count). The average Bonchev–Trinajstić information content (AvgIpc) is 2.52. The second-order valence-electron chi connectivity index (χ2n) is 5.21. The van der Waals surface area contributed by atoms with Gasteiger partial charge in [-0.2, -0.15) is 0 Å². The first-order chi connectivity index (χ1) is 10.7. The zero-order chi connectivity index (χ0) is 16.2. The molecule has 2 heteroatoms. The third-order valence-electron chi connectivity index (χ3n) is 3.27. The van der Waals surface area contributed by atoms with Gasteiger partial charge in [-0.05, 0) is 56.7 Å². The molecule has 0 aliphatic heterocycles. The van der Waals surface area contributed by atoms with Crippen molar-refractivity contribution in [1.82, 2.24) is 0 Å². The summed E-state index contributed by atoms with van der Waals surface area (Å²) in [6.45, 7) is 7.78. The van der Waals surface area contributed by atoms with Crippen molar-refractivity contribution in [2.75, 3.05) is 6.61 Å². The summed E-state index contributed by atoms with van der Waals surface area (Å²) in [5.74, 6) is -0.243. The Bertz CT molecular complexity index is 524. The summed E-state index contributed by atoms with van der Waals surface area (Å²) >= 11 is 0. The number of hydrogen-bond donors (Lipinski definition) is 0. The van der Waals surface area contributed by atoms with Gasteiger partial charge >= 0.3 is 5.97 Å². The van der Waals surface area contributed by atoms with Crippen LogP contribution in [-0.2, 0) is 9.53 Å². The molecule has 1 aromatic rings. The zero-order valence-electron chi connectivity index (χ0n) is 13.7. The summed E-state index contributed by atoms with van der Waals surface area (Å²) in [4.78, 5) is 11.8. The van der Waals surface area contributed by atoms with Gasteiger partial charge < -0.3 is 4.74 Å². The largest absolute Gasteiger partial charge is 0.463 e. The van der Waals surface area contributed by atoms with Gasteiger partial charge in [0, 0.05) is 5.57 Å². The number of rotatable bonds is 9. The van der Waals surface area contributed by atoms with Crippen LogP contribution < -0.4 is 0 Å². The molecule has 0 aliphatic carbocycles. The van der Waals surface area contributed by atoms with Crippen molar-refractivity contribution >= 4 is 12.0 Å². The lowest BCUT2D eigenvalue weighted by Crippen LogP contribution is -2.05. The number of hydrogen-bond acceptors (Lipinski definition) is 2. The highest BCUT2D eigenvalue weighted by molar-refractivity contribution is 5.88. The molecule has 0 spiro atoms. The summed E-state index contributed by atoms with van der Waals surface area (Å²) in [6, 6.07) is 10.2. The highest BCUT2D eigenvalue weighted by Crippen LogP contribution is 2.17. The molecule has 0 saturated carbocycles. The van der Waals surface area contributed by atoms with Gasteiger partial charge in [0.05, 0.1) is 6.61 Å². The highest BCUT2D eigenvalue weighted by Gasteiger charge is 2.05. The summed E-state index contributed by atoms with van der Waals surface area (Å²) in [6.07, 6.45) is 10.2. The SMILES string of the molecule is C=CCCCCC(=C\c1ccccc1)/C=C(\C)C(=O)OCC. The van der Waals surface area contributed by atoms with E-state index in [1.807, 2.05) is 37.3 Å². The van der Waals surface area contributed by atoms with E-state index in [1.54, 1.807) is 6.92 Å². The van der Waals surface area contributed by atoms with E-state index < -0.39 is 0 Å². The molecule has 0 radical (unpaired) electrons. The lowest BCUT2D eigenvalue weighted by atomic mass is 10.0. The molecule has 0 fully saturated rings. The Labute approximate surface area is 134 Å². The van der Waals surface area contributed by atoms with Crippen LogP contribution in [0.1, 0.15) is 45.1 Å². The van der Waals surface area contributed by atoms with Gasteiger partial charge in [0.25, 0.3) is 0 Å². The van der Waals surface area contributed by atoms with Crippen molar-refractivity contribution in [2.24, 2.45) is 0 Å². The van der Waals surface area contributed by atoms with Crippen LogP contribution in [0.5, 0.6) is 0 Å². The summed E-state index contributed by atoms with van der Waals surface area (Å²) in [5.41, 5.74) is 2.95. The highest BCUT2D eigenvalue weighted by atomic mass is 16.5. The van der Waals surface area contributed by atoms with E-state index in [1.165, 1.54) is 0 Å². The number of esters is 1. The molecule has 0 aromatic heterocycles. The predicted octanol–water partition coefficient (Wildman–Crippen LogP) is 5.33. The standard InChI is InChI=1S/C20H26O2/c1-4-6-7-9-14-19(15-17(3)20(21)22-5-2)16-18-12-10-8-11-13-18/h4,8,10-13,15-16H,1,5-7,9,14H2,2-3H3/b17-15+,19-16+. The lowest BCUT2D eigenvalue weighted by Gasteiger charge is -2.06. The maximum Gasteiger partial charge on any atom is 0.333 e. The Balaban J connectivity index is 2.86. The molecule has 0 bridgehead atoms. The predicted molar refractivity (Wildman–Crippen MR) is 93.5 cm³/mol. The van der Waals surface area contributed by atoms with Crippen molar-refractivity contribution in [3.05, 3.63) is 65.8 Å². The first kappa shape index (κ1) is 18.0. The van der Waals surface area contributed by atoms with Gasteiger partial charge in [-0.15, -0.1) is 6.58 Å². The van der Waals surface area contributed by atoms with Crippen LogP contribution in [0, 0.1) is 0 Å². The summed E-state index contributed by atoms with van der Waals surface area (Å²) in [5, 5.41) is 0. The van der Waals surface area contributed by atoms with Gasteiger partial charge in [-0.25, -0.2) is 4.79 Å². The molecule has 22 heavy (non-hydrogen) atoms. The van der Waals surface area contributed by atoms with E-state index in [2.05, 4.69) is 24.8 Å². The van der Waals surface area contributed by atoms with Crippen LogP contribution in [0.4, 0.5) is 0 Å². The van der Waals surface area contributed by atoms with E-state index >= 15 is 0 Å². The van der Waals surface area contributed by atoms with Crippen molar-refractivity contribution < 1.29 is 9.53 Å². The topological polar surface area (TPSA) is 26.3 Å². The normalized spacial score (nSPS) is 12.1. The third kappa shape index (κ3) is 7.07. The monoisotopic (exact) mass is 298 g/mol. The Morgan fingerprint density at radius 2 is 1.95 bits per heavy atom. The number of carbonyl (C=O) groups is 1. The van der Waals surface area contributed by atoms with Crippen LogP contribution in [0.3, 0.4) is 0 Å². The van der Waals surface area contributed by atoms with Gasteiger partial charge in [0.1, 0.15) is 0 Å². The minimum Gasteiger partial charge on any atom is -0.463 e. The first-order valence-corrected chi connectivity index (χ1v) is 7.89. The Morgan fingerprint density at radius 1 is 1.23 bits per heavy atom. The quantitative estimate of drug-likeness (QED) is 0.203. The Kier molecular flexibility index (Phi) is 8.66. The molecule has 0 heterocycles. The number of carbonyl (C=O) groups excluding carboxylic acids is 1. The molecule has 0 aliphatic rings. The van der Waals surface area contributed by atoms with Crippen LogP contribution in [0.25, 0.3) is 6.08 Å². The second kappa shape index (κ2) is 10.6. The number of ether oxygens (including phenoxy) is 1. The maximum absolute atomic E-state index is 11.8. The fraction of sp³-hybridized carbons (Fsp3) is 0.350. The van der Waals surface area contributed by atoms with E-state index in [4.69, 9.17) is 4.74 Å². The first-order valence-electron chi connectivity index (χ1n) is 7.89. The molecule has 1 aromatic carbocycles. The van der Waals surface area contributed by atoms with Crippen LogP contribution in [-0.4, -0.2) is 12.6 Å². The lowest BCUT2D eigenvalue weighted by molar-refractivity contribution is -0.138. The number of allylic oxidation sites excluding steroid dienone is 3. The van der Waals surface area contributed by atoms with E-state index in [0.29, 0.717) is 12.2 Å². The molecular weight excluding hydrogens is 272 g/mol. The zero-order valence-corrected chi connectivity index (χ0v) is 13.7. The molecule has 118 valence electrons. The van der Waals surface area contributed by atoms with E-state index in [-0.39, 0.29) is 5.97 Å². The molecule has 0 saturated heterocycles. The summed E-state index contributed by atoms with van der Waals surface area (Å²) < 4.78 is 5.05. The number of benzene rings is 1. The van der Waals surface area contributed by atoms with Gasteiger partial charge in [0.2, 0.25) is 0 Å². The summed E-state index contributed by atoms with van der Waals surface area (Å²) in [7, 11) is 0.